The maximum Gasteiger partial charge on any atom is 0.216 e. The molecule has 0 unspecified atom stereocenters. The van der Waals surface area contributed by atoms with Gasteiger partial charge in [0.05, 0.1) is 6.54 Å². The van der Waals surface area contributed by atoms with Crippen molar-refractivity contribution in [3.63, 3.8) is 0 Å². The fourth-order valence-electron chi connectivity index (χ4n) is 4.33. The standard InChI is InChI=1S/C23H15NO/c1-4-14-5-3-9-18-20(14)16(7-1)17-8-2-6-15-10-11-19(22(18)21(15)17)23-24-12-13-25-23/h1-11H,12-13H2. The minimum absolute atomic E-state index is 0.676. The van der Waals surface area contributed by atoms with Gasteiger partial charge in [-0.15, -0.1) is 0 Å². The molecule has 0 saturated carbocycles. The van der Waals surface area contributed by atoms with Gasteiger partial charge in [0.2, 0.25) is 5.90 Å². The number of hydrogen-bond donors (Lipinski definition) is 0. The van der Waals surface area contributed by atoms with E-state index in [2.05, 4.69) is 71.7 Å². The fraction of sp³-hybridized carbons (Fsp3) is 0.0870. The van der Waals surface area contributed by atoms with Gasteiger partial charge in [0, 0.05) is 10.9 Å². The number of benzene rings is 5. The summed E-state index contributed by atoms with van der Waals surface area (Å²) in [6.45, 7) is 1.42. The molecule has 118 valence electrons. The highest BCUT2D eigenvalue weighted by molar-refractivity contribution is 6.35. The second-order valence-corrected chi connectivity index (χ2v) is 6.64. The van der Waals surface area contributed by atoms with E-state index in [4.69, 9.17) is 4.74 Å². The molecule has 0 saturated heterocycles. The number of ether oxygens (including phenoxy) is 1. The Morgan fingerprint density at radius 3 is 2.04 bits per heavy atom. The van der Waals surface area contributed by atoms with E-state index in [0.29, 0.717) is 6.61 Å². The summed E-state index contributed by atoms with van der Waals surface area (Å²) in [7, 11) is 0. The second kappa shape index (κ2) is 4.70. The van der Waals surface area contributed by atoms with Gasteiger partial charge in [0.1, 0.15) is 6.61 Å². The van der Waals surface area contributed by atoms with Crippen molar-refractivity contribution in [3.8, 4) is 0 Å². The van der Waals surface area contributed by atoms with Gasteiger partial charge in [-0.2, -0.15) is 0 Å². The molecule has 0 aliphatic carbocycles. The number of nitrogens with zero attached hydrogens (tertiary/aromatic N) is 1. The molecule has 0 bridgehead atoms. The van der Waals surface area contributed by atoms with Gasteiger partial charge < -0.3 is 4.74 Å². The molecule has 0 spiro atoms. The first-order valence-electron chi connectivity index (χ1n) is 8.68. The summed E-state index contributed by atoms with van der Waals surface area (Å²) in [6.07, 6.45) is 0. The first-order valence-corrected chi connectivity index (χ1v) is 8.68. The SMILES string of the molecule is c1cc2cccc3c4c(C5=NCCO5)ccc5cccc(c(c1)c23)c54. The molecule has 0 atom stereocenters. The van der Waals surface area contributed by atoms with Crippen molar-refractivity contribution in [2.45, 2.75) is 0 Å². The lowest BCUT2D eigenvalue weighted by atomic mass is 9.87. The van der Waals surface area contributed by atoms with Crippen LogP contribution in [-0.2, 0) is 4.74 Å². The van der Waals surface area contributed by atoms with Gasteiger partial charge >= 0.3 is 0 Å². The lowest BCUT2D eigenvalue weighted by Gasteiger charge is -2.16. The summed E-state index contributed by atoms with van der Waals surface area (Å²) in [4.78, 5) is 4.59. The molecule has 2 heteroatoms. The molecular formula is C23H15NO. The zero-order valence-electron chi connectivity index (χ0n) is 13.6. The largest absolute Gasteiger partial charge is 0.475 e. The van der Waals surface area contributed by atoms with Crippen molar-refractivity contribution in [3.05, 3.63) is 72.3 Å². The Hall–Kier alpha value is -3.13. The summed E-state index contributed by atoms with van der Waals surface area (Å²) >= 11 is 0. The molecule has 0 radical (unpaired) electrons. The van der Waals surface area contributed by atoms with Crippen LogP contribution in [0.2, 0.25) is 0 Å². The first kappa shape index (κ1) is 13.2. The molecule has 0 fully saturated rings. The van der Waals surface area contributed by atoms with Crippen LogP contribution in [0.3, 0.4) is 0 Å². The molecule has 0 aromatic heterocycles. The normalized spacial score (nSPS) is 14.6. The number of rotatable bonds is 1. The molecule has 5 aromatic carbocycles. The predicted octanol–water partition coefficient (Wildman–Crippen LogP) is 5.51. The summed E-state index contributed by atoms with van der Waals surface area (Å²) < 4.78 is 5.83. The van der Waals surface area contributed by atoms with E-state index in [-0.39, 0.29) is 0 Å². The van der Waals surface area contributed by atoms with Crippen molar-refractivity contribution in [1.29, 1.82) is 0 Å². The Kier molecular flexibility index (Phi) is 2.48. The van der Waals surface area contributed by atoms with Crippen LogP contribution in [0, 0.1) is 0 Å². The molecule has 25 heavy (non-hydrogen) atoms. The lowest BCUT2D eigenvalue weighted by Crippen LogP contribution is -2.03. The van der Waals surface area contributed by atoms with Crippen LogP contribution in [-0.4, -0.2) is 19.0 Å². The Balaban J connectivity index is 1.98. The zero-order chi connectivity index (χ0) is 16.4. The van der Waals surface area contributed by atoms with E-state index in [1.165, 1.54) is 43.1 Å². The van der Waals surface area contributed by atoms with Gasteiger partial charge in [0.25, 0.3) is 0 Å². The van der Waals surface area contributed by atoms with Gasteiger partial charge in [-0.25, -0.2) is 4.99 Å². The van der Waals surface area contributed by atoms with E-state index >= 15 is 0 Å². The third kappa shape index (κ3) is 1.66. The Morgan fingerprint density at radius 2 is 1.32 bits per heavy atom. The highest BCUT2D eigenvalue weighted by Crippen LogP contribution is 2.41. The summed E-state index contributed by atoms with van der Waals surface area (Å²) in [5.74, 6) is 0.781. The predicted molar refractivity (Wildman–Crippen MR) is 105 cm³/mol. The van der Waals surface area contributed by atoms with Crippen LogP contribution in [0.1, 0.15) is 5.56 Å². The summed E-state index contributed by atoms with van der Waals surface area (Å²) in [5, 5.41) is 10.3. The highest BCUT2D eigenvalue weighted by atomic mass is 16.5. The topological polar surface area (TPSA) is 21.6 Å². The molecule has 1 heterocycles. The number of fused-ring (bicyclic) bond motifs is 2. The third-order valence-corrected chi connectivity index (χ3v) is 5.33. The average molecular weight is 321 g/mol. The van der Waals surface area contributed by atoms with E-state index in [0.717, 1.165) is 18.0 Å². The van der Waals surface area contributed by atoms with Crippen molar-refractivity contribution in [2.75, 3.05) is 13.2 Å². The van der Waals surface area contributed by atoms with Crippen molar-refractivity contribution >= 4 is 49.0 Å². The number of hydrogen-bond acceptors (Lipinski definition) is 2. The van der Waals surface area contributed by atoms with Gasteiger partial charge in [0.15, 0.2) is 0 Å². The van der Waals surface area contributed by atoms with Gasteiger partial charge in [-0.3, -0.25) is 0 Å². The molecule has 0 amide bonds. The van der Waals surface area contributed by atoms with Crippen molar-refractivity contribution < 1.29 is 4.74 Å². The smallest absolute Gasteiger partial charge is 0.216 e. The van der Waals surface area contributed by atoms with Gasteiger partial charge in [-0.05, 0) is 43.8 Å². The molecule has 6 rings (SSSR count). The molecule has 0 N–H and O–H groups in total. The van der Waals surface area contributed by atoms with Crippen LogP contribution in [0.15, 0.2) is 71.7 Å². The van der Waals surface area contributed by atoms with E-state index in [1.54, 1.807) is 0 Å². The fourth-order valence-corrected chi connectivity index (χ4v) is 4.33. The second-order valence-electron chi connectivity index (χ2n) is 6.64. The first-order chi connectivity index (χ1) is 12.4. The van der Waals surface area contributed by atoms with Crippen LogP contribution >= 0.6 is 0 Å². The Morgan fingerprint density at radius 1 is 0.640 bits per heavy atom. The van der Waals surface area contributed by atoms with Gasteiger partial charge in [-0.1, -0.05) is 60.7 Å². The van der Waals surface area contributed by atoms with Crippen LogP contribution in [0.4, 0.5) is 0 Å². The summed E-state index contributed by atoms with van der Waals surface area (Å²) in [5.41, 5.74) is 1.11. The third-order valence-electron chi connectivity index (χ3n) is 5.33. The van der Waals surface area contributed by atoms with E-state index < -0.39 is 0 Å². The van der Waals surface area contributed by atoms with Crippen LogP contribution in [0.5, 0.6) is 0 Å². The Bertz CT molecular complexity index is 1310. The minimum atomic E-state index is 0.676. The minimum Gasteiger partial charge on any atom is -0.475 e. The average Bonchev–Trinajstić information content (AvgIpc) is 3.20. The molecular weight excluding hydrogens is 306 g/mol. The number of aliphatic imine (C=N–C) groups is 1. The molecule has 1 aliphatic rings. The molecule has 5 aromatic rings. The van der Waals surface area contributed by atoms with E-state index in [1.807, 2.05) is 0 Å². The molecule has 1 aliphatic heterocycles. The molecule has 2 nitrogen and oxygen atoms in total. The summed E-state index contributed by atoms with van der Waals surface area (Å²) in [6, 6.07) is 24.1. The lowest BCUT2D eigenvalue weighted by molar-refractivity contribution is 0.348. The Labute approximate surface area is 144 Å². The van der Waals surface area contributed by atoms with Crippen LogP contribution < -0.4 is 0 Å². The quantitative estimate of drug-likeness (QED) is 0.294. The maximum atomic E-state index is 5.83. The van der Waals surface area contributed by atoms with Crippen molar-refractivity contribution in [1.82, 2.24) is 0 Å². The monoisotopic (exact) mass is 321 g/mol. The van der Waals surface area contributed by atoms with E-state index in [9.17, 15) is 0 Å². The highest BCUT2D eigenvalue weighted by Gasteiger charge is 2.19. The zero-order valence-corrected chi connectivity index (χ0v) is 13.6. The maximum absolute atomic E-state index is 5.83. The van der Waals surface area contributed by atoms with Crippen molar-refractivity contribution in [2.24, 2.45) is 4.99 Å². The van der Waals surface area contributed by atoms with Crippen LogP contribution in [0.25, 0.3) is 43.1 Å².